The Balaban J connectivity index is 2.30. The fourth-order valence-electron chi connectivity index (χ4n) is 1.53. The van der Waals surface area contributed by atoms with Gasteiger partial charge in [-0.15, -0.1) is 0 Å². The maximum atomic E-state index is 13.4. The van der Waals surface area contributed by atoms with E-state index in [4.69, 9.17) is 5.11 Å². The maximum Gasteiger partial charge on any atom is 0.337 e. The molecular weight excluding hydrogens is 289 g/mol. The van der Waals surface area contributed by atoms with Gasteiger partial charge in [0.05, 0.1) is 16.7 Å². The molecule has 0 amide bonds. The van der Waals surface area contributed by atoms with E-state index < -0.39 is 5.97 Å². The summed E-state index contributed by atoms with van der Waals surface area (Å²) in [5.74, 6) is -1.30. The van der Waals surface area contributed by atoms with Crippen molar-refractivity contribution in [1.29, 1.82) is 0 Å². The molecule has 1 heterocycles. The molecule has 3 nitrogen and oxygen atoms in total. The third-order valence-corrected chi connectivity index (χ3v) is 3.07. The molecule has 88 valence electrons. The molecule has 0 aliphatic carbocycles. The first kappa shape index (κ1) is 11.9. The van der Waals surface area contributed by atoms with Gasteiger partial charge in [-0.2, -0.15) is 0 Å². The van der Waals surface area contributed by atoms with Crippen LogP contribution in [-0.4, -0.2) is 15.6 Å². The summed E-state index contributed by atoms with van der Waals surface area (Å²) in [6.07, 6.45) is 1.47. The van der Waals surface area contributed by atoms with Crippen molar-refractivity contribution in [2.24, 2.45) is 0 Å². The number of carboxylic acids is 1. The van der Waals surface area contributed by atoms with Gasteiger partial charge >= 0.3 is 5.97 Å². The molecule has 0 saturated heterocycles. The molecule has 1 aromatic heterocycles. The third-order valence-electron chi connectivity index (χ3n) is 2.39. The lowest BCUT2D eigenvalue weighted by Crippen LogP contribution is -2.01. The van der Waals surface area contributed by atoms with Crippen molar-refractivity contribution in [2.45, 2.75) is 6.54 Å². The van der Waals surface area contributed by atoms with Crippen molar-refractivity contribution in [3.63, 3.8) is 0 Å². The largest absolute Gasteiger partial charge is 0.478 e. The van der Waals surface area contributed by atoms with Crippen LogP contribution in [0.5, 0.6) is 0 Å². The molecule has 0 saturated carbocycles. The minimum Gasteiger partial charge on any atom is -0.478 e. The van der Waals surface area contributed by atoms with Crippen LogP contribution in [0, 0.1) is 5.82 Å². The molecule has 17 heavy (non-hydrogen) atoms. The van der Waals surface area contributed by atoms with Crippen molar-refractivity contribution >= 4 is 21.9 Å². The van der Waals surface area contributed by atoms with Crippen LogP contribution in [0.15, 0.2) is 41.1 Å². The SMILES string of the molecule is O=C(O)c1cc(Br)n(Cc2ccccc2F)c1. The van der Waals surface area contributed by atoms with Crippen LogP contribution in [0.1, 0.15) is 15.9 Å². The van der Waals surface area contributed by atoms with Crippen LogP contribution in [0.4, 0.5) is 4.39 Å². The maximum absolute atomic E-state index is 13.4. The Morgan fingerprint density at radius 3 is 2.71 bits per heavy atom. The summed E-state index contributed by atoms with van der Waals surface area (Å²) >= 11 is 3.24. The predicted octanol–water partition coefficient (Wildman–Crippen LogP) is 3.14. The summed E-state index contributed by atoms with van der Waals surface area (Å²) in [7, 11) is 0. The second-order valence-corrected chi connectivity index (χ2v) is 4.39. The zero-order valence-corrected chi connectivity index (χ0v) is 10.3. The number of carboxylic acid groups (broad SMARTS) is 1. The highest BCUT2D eigenvalue weighted by Crippen LogP contribution is 2.18. The molecule has 2 aromatic rings. The van der Waals surface area contributed by atoms with E-state index >= 15 is 0 Å². The first-order valence-corrected chi connectivity index (χ1v) is 5.69. The van der Waals surface area contributed by atoms with Gasteiger partial charge in [0.15, 0.2) is 0 Å². The molecule has 0 radical (unpaired) electrons. The van der Waals surface area contributed by atoms with E-state index in [-0.39, 0.29) is 11.4 Å². The Morgan fingerprint density at radius 1 is 1.41 bits per heavy atom. The molecule has 0 aliphatic rings. The number of aromatic nitrogens is 1. The van der Waals surface area contributed by atoms with Gasteiger partial charge in [-0.05, 0) is 28.1 Å². The molecule has 0 fully saturated rings. The summed E-state index contributed by atoms with van der Waals surface area (Å²) in [6.45, 7) is 0.292. The molecule has 0 atom stereocenters. The molecule has 0 unspecified atom stereocenters. The van der Waals surface area contributed by atoms with E-state index in [9.17, 15) is 9.18 Å². The van der Waals surface area contributed by atoms with E-state index in [1.807, 2.05) is 0 Å². The second kappa shape index (κ2) is 4.71. The smallest absolute Gasteiger partial charge is 0.337 e. The van der Waals surface area contributed by atoms with Crippen LogP contribution >= 0.6 is 15.9 Å². The number of aromatic carboxylic acids is 1. The fraction of sp³-hybridized carbons (Fsp3) is 0.0833. The highest BCUT2D eigenvalue weighted by molar-refractivity contribution is 9.10. The fourth-order valence-corrected chi connectivity index (χ4v) is 2.00. The molecule has 0 aliphatic heterocycles. The number of nitrogens with zero attached hydrogens (tertiary/aromatic N) is 1. The van der Waals surface area contributed by atoms with Gasteiger partial charge in [-0.25, -0.2) is 9.18 Å². The Labute approximate surface area is 106 Å². The topological polar surface area (TPSA) is 42.2 Å². The molecule has 0 spiro atoms. The van der Waals surface area contributed by atoms with E-state index in [1.54, 1.807) is 22.8 Å². The monoisotopic (exact) mass is 297 g/mol. The molecule has 1 N–H and O–H groups in total. The quantitative estimate of drug-likeness (QED) is 0.946. The van der Waals surface area contributed by atoms with E-state index in [2.05, 4.69) is 15.9 Å². The summed E-state index contributed by atoms with van der Waals surface area (Å²) in [4.78, 5) is 10.8. The second-order valence-electron chi connectivity index (χ2n) is 3.58. The number of benzene rings is 1. The van der Waals surface area contributed by atoms with Crippen LogP contribution in [-0.2, 0) is 6.54 Å². The molecule has 0 bridgehead atoms. The number of halogens is 2. The number of rotatable bonds is 3. The first-order valence-electron chi connectivity index (χ1n) is 4.90. The minimum absolute atomic E-state index is 0.174. The average Bonchev–Trinajstić information content (AvgIpc) is 2.64. The third kappa shape index (κ3) is 2.55. The zero-order valence-electron chi connectivity index (χ0n) is 8.73. The summed E-state index contributed by atoms with van der Waals surface area (Å²) in [5, 5.41) is 8.84. The Kier molecular flexibility index (Phi) is 3.28. The van der Waals surface area contributed by atoms with Gasteiger partial charge in [0.2, 0.25) is 0 Å². The highest BCUT2D eigenvalue weighted by Gasteiger charge is 2.10. The molecule has 1 aromatic carbocycles. The van der Waals surface area contributed by atoms with Crippen molar-refractivity contribution in [1.82, 2.24) is 4.57 Å². The summed E-state index contributed by atoms with van der Waals surface area (Å²) in [5.41, 5.74) is 0.689. The van der Waals surface area contributed by atoms with Gasteiger partial charge in [0, 0.05) is 11.8 Å². The van der Waals surface area contributed by atoms with Gasteiger partial charge in [0.25, 0.3) is 0 Å². The van der Waals surface area contributed by atoms with Crippen LogP contribution in [0.2, 0.25) is 0 Å². The molecular formula is C12H9BrFNO2. The van der Waals surface area contributed by atoms with Crippen molar-refractivity contribution in [3.05, 3.63) is 58.1 Å². The number of carbonyl (C=O) groups is 1. The van der Waals surface area contributed by atoms with Gasteiger partial charge in [-0.1, -0.05) is 18.2 Å². The Bertz CT molecular complexity index is 565. The average molecular weight is 298 g/mol. The minimum atomic E-state index is -1.00. The summed E-state index contributed by atoms with van der Waals surface area (Å²) < 4.78 is 15.7. The lowest BCUT2D eigenvalue weighted by Gasteiger charge is -2.05. The lowest BCUT2D eigenvalue weighted by atomic mass is 10.2. The predicted molar refractivity (Wildman–Crippen MR) is 64.6 cm³/mol. The number of hydrogen-bond donors (Lipinski definition) is 1. The summed E-state index contributed by atoms with van der Waals surface area (Å²) in [6, 6.07) is 7.90. The van der Waals surface area contributed by atoms with Gasteiger partial charge in [0.1, 0.15) is 5.82 Å². The standard InChI is InChI=1S/C12H9BrFNO2/c13-11-5-9(12(16)17)7-15(11)6-8-3-1-2-4-10(8)14/h1-5,7H,6H2,(H,16,17). The van der Waals surface area contributed by atoms with Crippen molar-refractivity contribution < 1.29 is 14.3 Å². The first-order chi connectivity index (χ1) is 8.08. The van der Waals surface area contributed by atoms with E-state index in [0.29, 0.717) is 16.7 Å². The van der Waals surface area contributed by atoms with Gasteiger partial charge in [-0.3, -0.25) is 0 Å². The highest BCUT2D eigenvalue weighted by atomic mass is 79.9. The lowest BCUT2D eigenvalue weighted by molar-refractivity contribution is 0.0697. The number of hydrogen-bond acceptors (Lipinski definition) is 1. The van der Waals surface area contributed by atoms with Crippen LogP contribution in [0.3, 0.4) is 0 Å². The zero-order chi connectivity index (χ0) is 12.4. The van der Waals surface area contributed by atoms with E-state index in [1.165, 1.54) is 18.3 Å². The van der Waals surface area contributed by atoms with Crippen LogP contribution < -0.4 is 0 Å². The molecule has 2 rings (SSSR count). The normalized spacial score (nSPS) is 10.5. The van der Waals surface area contributed by atoms with Gasteiger partial charge < -0.3 is 9.67 Å². The van der Waals surface area contributed by atoms with Crippen molar-refractivity contribution in [2.75, 3.05) is 0 Å². The Hall–Kier alpha value is -1.62. The van der Waals surface area contributed by atoms with Crippen molar-refractivity contribution in [3.8, 4) is 0 Å². The molecule has 5 heteroatoms. The van der Waals surface area contributed by atoms with Crippen LogP contribution in [0.25, 0.3) is 0 Å². The Morgan fingerprint density at radius 2 is 2.12 bits per heavy atom. The van der Waals surface area contributed by atoms with E-state index in [0.717, 1.165) is 0 Å².